The molecule has 1 amide bonds. The predicted molar refractivity (Wildman–Crippen MR) is 89.7 cm³/mol. The van der Waals surface area contributed by atoms with Crippen LogP contribution in [0.1, 0.15) is 18.4 Å². The largest absolute Gasteiger partial charge is 0.493 e. The minimum atomic E-state index is 0.102. The second-order valence-electron chi connectivity index (χ2n) is 6.02. The lowest BCUT2D eigenvalue weighted by molar-refractivity contribution is -0.131. The summed E-state index contributed by atoms with van der Waals surface area (Å²) >= 11 is 0. The first-order valence-corrected chi connectivity index (χ1v) is 7.97. The van der Waals surface area contributed by atoms with Gasteiger partial charge in [-0.25, -0.2) is 0 Å². The number of nitrogens with two attached hydrogens (primary N) is 1. The second kappa shape index (κ2) is 8.17. The number of likely N-dealkylation sites (tertiary alicyclic amines) is 1. The van der Waals surface area contributed by atoms with Crippen LogP contribution in [0.25, 0.3) is 0 Å². The zero-order valence-corrected chi connectivity index (χ0v) is 14.2. The average molecular weight is 321 g/mol. The molecule has 23 heavy (non-hydrogen) atoms. The molecule has 1 aromatic carbocycles. The monoisotopic (exact) mass is 321 g/mol. The van der Waals surface area contributed by atoms with Crippen molar-refractivity contribution < 1.29 is 14.3 Å². The molecular weight excluding hydrogens is 294 g/mol. The average Bonchev–Trinajstić information content (AvgIpc) is 2.56. The van der Waals surface area contributed by atoms with E-state index in [1.807, 2.05) is 25.2 Å². The van der Waals surface area contributed by atoms with E-state index in [-0.39, 0.29) is 11.9 Å². The summed E-state index contributed by atoms with van der Waals surface area (Å²) in [6.45, 7) is 2.72. The molecule has 6 heteroatoms. The summed E-state index contributed by atoms with van der Waals surface area (Å²) in [6.07, 6.45) is 1.92. The van der Waals surface area contributed by atoms with Crippen LogP contribution in [0.4, 0.5) is 0 Å². The molecule has 0 atom stereocenters. The fraction of sp³-hybridized carbons (Fsp3) is 0.588. The maximum Gasteiger partial charge on any atom is 0.236 e. The van der Waals surface area contributed by atoms with Gasteiger partial charge in [0.15, 0.2) is 11.5 Å². The Labute approximate surface area is 138 Å². The minimum Gasteiger partial charge on any atom is -0.493 e. The molecule has 1 saturated heterocycles. The number of carbonyl (C=O) groups is 1. The van der Waals surface area contributed by atoms with Crippen molar-refractivity contribution in [1.82, 2.24) is 9.80 Å². The third-order valence-electron chi connectivity index (χ3n) is 4.31. The fourth-order valence-corrected chi connectivity index (χ4v) is 2.84. The summed E-state index contributed by atoms with van der Waals surface area (Å²) in [7, 11) is 5.04. The maximum atomic E-state index is 12.4. The predicted octanol–water partition coefficient (Wildman–Crippen LogP) is 1.09. The van der Waals surface area contributed by atoms with Gasteiger partial charge >= 0.3 is 0 Å². The number of methoxy groups -OCH3 is 2. The van der Waals surface area contributed by atoms with Crippen LogP contribution in [0.15, 0.2) is 18.2 Å². The summed E-state index contributed by atoms with van der Waals surface area (Å²) in [5.74, 6) is 1.46. The van der Waals surface area contributed by atoms with Crippen molar-refractivity contribution in [3.63, 3.8) is 0 Å². The topological polar surface area (TPSA) is 68.0 Å². The third kappa shape index (κ3) is 4.59. The third-order valence-corrected chi connectivity index (χ3v) is 4.31. The molecule has 6 nitrogen and oxygen atoms in total. The van der Waals surface area contributed by atoms with Crippen LogP contribution in [-0.4, -0.2) is 62.7 Å². The van der Waals surface area contributed by atoms with Crippen molar-refractivity contribution in [1.29, 1.82) is 0 Å². The summed E-state index contributed by atoms with van der Waals surface area (Å²) in [5, 5.41) is 0. The van der Waals surface area contributed by atoms with E-state index in [4.69, 9.17) is 15.2 Å². The zero-order valence-electron chi connectivity index (χ0n) is 14.2. The highest BCUT2D eigenvalue weighted by molar-refractivity contribution is 5.78. The Morgan fingerprint density at radius 1 is 1.30 bits per heavy atom. The van der Waals surface area contributed by atoms with E-state index >= 15 is 0 Å². The molecule has 0 aliphatic carbocycles. The second-order valence-corrected chi connectivity index (χ2v) is 6.02. The van der Waals surface area contributed by atoms with Crippen molar-refractivity contribution in [3.05, 3.63) is 23.8 Å². The molecule has 1 aliphatic heterocycles. The van der Waals surface area contributed by atoms with Crippen LogP contribution in [0.3, 0.4) is 0 Å². The smallest absolute Gasteiger partial charge is 0.236 e. The van der Waals surface area contributed by atoms with Crippen LogP contribution in [0.2, 0.25) is 0 Å². The van der Waals surface area contributed by atoms with E-state index in [0.29, 0.717) is 24.6 Å². The molecule has 0 spiro atoms. The number of ether oxygens (including phenoxy) is 2. The van der Waals surface area contributed by atoms with E-state index in [9.17, 15) is 4.79 Å². The van der Waals surface area contributed by atoms with E-state index in [2.05, 4.69) is 4.90 Å². The molecule has 0 bridgehead atoms. The molecule has 0 saturated carbocycles. The fourth-order valence-electron chi connectivity index (χ4n) is 2.84. The number of rotatable bonds is 6. The lowest BCUT2D eigenvalue weighted by Crippen LogP contribution is -2.44. The van der Waals surface area contributed by atoms with Gasteiger partial charge in [0.05, 0.1) is 20.8 Å². The number of benzene rings is 1. The first kappa shape index (κ1) is 17.6. The number of hydrogen-bond donors (Lipinski definition) is 1. The number of hydrogen-bond acceptors (Lipinski definition) is 5. The minimum absolute atomic E-state index is 0.102. The Hall–Kier alpha value is -1.79. The number of nitrogens with zero attached hydrogens (tertiary/aromatic N) is 2. The van der Waals surface area contributed by atoms with Gasteiger partial charge in [-0.05, 0) is 18.9 Å². The molecule has 0 unspecified atom stereocenters. The van der Waals surface area contributed by atoms with Crippen molar-refractivity contribution >= 4 is 5.91 Å². The number of piperidine rings is 1. The molecule has 2 N–H and O–H groups in total. The summed E-state index contributed by atoms with van der Waals surface area (Å²) < 4.78 is 10.7. The van der Waals surface area contributed by atoms with Crippen molar-refractivity contribution in [2.45, 2.75) is 25.4 Å². The summed E-state index contributed by atoms with van der Waals surface area (Å²) in [4.78, 5) is 16.3. The van der Waals surface area contributed by atoms with Gasteiger partial charge in [-0.15, -0.1) is 0 Å². The van der Waals surface area contributed by atoms with Gasteiger partial charge in [-0.2, -0.15) is 0 Å². The number of likely N-dealkylation sites (N-methyl/N-ethyl adjacent to an activating group) is 1. The Bertz CT molecular complexity index is 528. The molecular formula is C17H27N3O3. The Kier molecular flexibility index (Phi) is 6.24. The highest BCUT2D eigenvalue weighted by Crippen LogP contribution is 2.31. The molecule has 1 heterocycles. The molecule has 128 valence electrons. The molecule has 1 fully saturated rings. The van der Waals surface area contributed by atoms with Crippen molar-refractivity contribution in [2.24, 2.45) is 5.73 Å². The van der Waals surface area contributed by atoms with Crippen LogP contribution in [-0.2, 0) is 11.3 Å². The number of amides is 1. The van der Waals surface area contributed by atoms with Crippen LogP contribution in [0, 0.1) is 0 Å². The van der Waals surface area contributed by atoms with Gasteiger partial charge in [0.1, 0.15) is 0 Å². The number of carbonyl (C=O) groups excluding carboxylic acids is 1. The molecule has 1 aromatic rings. The molecule has 0 aromatic heterocycles. The molecule has 0 radical (unpaired) electrons. The van der Waals surface area contributed by atoms with Gasteiger partial charge in [-0.3, -0.25) is 9.69 Å². The van der Waals surface area contributed by atoms with E-state index in [0.717, 1.165) is 31.5 Å². The van der Waals surface area contributed by atoms with Gasteiger partial charge < -0.3 is 20.1 Å². The zero-order chi connectivity index (χ0) is 16.8. The van der Waals surface area contributed by atoms with Gasteiger partial charge in [0.2, 0.25) is 5.91 Å². The van der Waals surface area contributed by atoms with Gasteiger partial charge in [0.25, 0.3) is 0 Å². The van der Waals surface area contributed by atoms with Gasteiger partial charge in [-0.1, -0.05) is 12.1 Å². The quantitative estimate of drug-likeness (QED) is 0.849. The lowest BCUT2D eigenvalue weighted by Gasteiger charge is -2.31. The summed E-state index contributed by atoms with van der Waals surface area (Å²) in [5.41, 5.74) is 6.83. The standard InChI is InChI=1S/C17H27N3O3/c1-19(16(21)12-20-9-7-14(18)8-10-20)11-13-5-4-6-15(22-2)17(13)23-3/h4-6,14H,7-12,18H2,1-3H3. The van der Waals surface area contributed by atoms with Crippen LogP contribution >= 0.6 is 0 Å². The molecule has 2 rings (SSSR count). The Balaban J connectivity index is 1.96. The Morgan fingerprint density at radius 2 is 2.00 bits per heavy atom. The van der Waals surface area contributed by atoms with E-state index in [1.165, 1.54) is 0 Å². The maximum absolute atomic E-state index is 12.4. The summed E-state index contributed by atoms with van der Waals surface area (Å²) in [6, 6.07) is 5.98. The normalized spacial score (nSPS) is 16.2. The van der Waals surface area contributed by atoms with Crippen LogP contribution < -0.4 is 15.2 Å². The van der Waals surface area contributed by atoms with Crippen molar-refractivity contribution in [2.75, 3.05) is 40.9 Å². The van der Waals surface area contributed by atoms with E-state index in [1.54, 1.807) is 19.1 Å². The lowest BCUT2D eigenvalue weighted by atomic mass is 10.1. The SMILES string of the molecule is COc1cccc(CN(C)C(=O)CN2CCC(N)CC2)c1OC. The highest BCUT2D eigenvalue weighted by atomic mass is 16.5. The van der Waals surface area contributed by atoms with E-state index < -0.39 is 0 Å². The first-order chi connectivity index (χ1) is 11.0. The molecule has 1 aliphatic rings. The van der Waals surface area contributed by atoms with Crippen molar-refractivity contribution in [3.8, 4) is 11.5 Å². The highest BCUT2D eigenvalue weighted by Gasteiger charge is 2.21. The first-order valence-electron chi connectivity index (χ1n) is 7.97. The van der Waals surface area contributed by atoms with Crippen LogP contribution in [0.5, 0.6) is 11.5 Å². The number of para-hydroxylation sites is 1. The Morgan fingerprint density at radius 3 is 2.61 bits per heavy atom. The van der Waals surface area contributed by atoms with Gasteiger partial charge in [0, 0.05) is 38.3 Å².